The van der Waals surface area contributed by atoms with E-state index in [1.165, 1.54) is 39.2 Å². The molecule has 2 N–H and O–H groups in total. The van der Waals surface area contributed by atoms with E-state index >= 15 is 0 Å². The van der Waals surface area contributed by atoms with Crippen LogP contribution in [0.5, 0.6) is 0 Å². The molecule has 0 bridgehead atoms. The Hall–Kier alpha value is -0.610. The van der Waals surface area contributed by atoms with Gasteiger partial charge in [-0.2, -0.15) is 0 Å². The summed E-state index contributed by atoms with van der Waals surface area (Å²) >= 11 is 0. The van der Waals surface area contributed by atoms with Crippen LogP contribution in [0.2, 0.25) is 0 Å². The normalized spacial score (nSPS) is 30.1. The van der Waals surface area contributed by atoms with Crippen molar-refractivity contribution >= 4 is 5.97 Å². The molecule has 2 fully saturated rings. The zero-order valence-corrected chi connectivity index (χ0v) is 9.34. The highest BCUT2D eigenvalue weighted by Crippen LogP contribution is 2.33. The number of ether oxygens (including phenoxy) is 1. The lowest BCUT2D eigenvalue weighted by molar-refractivity contribution is -0.145. The predicted molar refractivity (Wildman–Crippen MR) is 57.1 cm³/mol. The van der Waals surface area contributed by atoms with Crippen molar-refractivity contribution in [3.63, 3.8) is 0 Å². The lowest BCUT2D eigenvalue weighted by Gasteiger charge is -2.43. The van der Waals surface area contributed by atoms with Crippen molar-refractivity contribution in [3.05, 3.63) is 0 Å². The standard InChI is InChI=1S/C11H20N2O2/c1-15-10(14)9-5-8-11(13-12-9)6-3-2-4-7-11/h9,12-13H,2-8H2,1H3. The summed E-state index contributed by atoms with van der Waals surface area (Å²) in [7, 11) is 1.44. The van der Waals surface area contributed by atoms with Crippen molar-refractivity contribution in [2.24, 2.45) is 0 Å². The van der Waals surface area contributed by atoms with Crippen LogP contribution in [0.15, 0.2) is 0 Å². The highest BCUT2D eigenvalue weighted by Gasteiger charge is 2.37. The molecule has 4 nitrogen and oxygen atoms in total. The third-order valence-corrected chi connectivity index (χ3v) is 3.72. The molecule has 1 aliphatic heterocycles. The van der Waals surface area contributed by atoms with Gasteiger partial charge in [-0.05, 0) is 25.7 Å². The summed E-state index contributed by atoms with van der Waals surface area (Å²) < 4.78 is 4.72. The molecule has 86 valence electrons. The van der Waals surface area contributed by atoms with E-state index in [2.05, 4.69) is 10.9 Å². The van der Waals surface area contributed by atoms with Crippen molar-refractivity contribution in [2.45, 2.75) is 56.5 Å². The molecule has 4 heteroatoms. The fourth-order valence-corrected chi connectivity index (χ4v) is 2.72. The van der Waals surface area contributed by atoms with E-state index in [0.717, 1.165) is 12.8 Å². The van der Waals surface area contributed by atoms with Crippen molar-refractivity contribution < 1.29 is 9.53 Å². The maximum Gasteiger partial charge on any atom is 0.324 e. The molecule has 0 aromatic heterocycles. The van der Waals surface area contributed by atoms with Crippen molar-refractivity contribution in [1.82, 2.24) is 10.9 Å². The fraction of sp³-hybridized carbons (Fsp3) is 0.909. The van der Waals surface area contributed by atoms with Crippen LogP contribution in [0.1, 0.15) is 44.9 Å². The number of carbonyl (C=O) groups excluding carboxylic acids is 1. The van der Waals surface area contributed by atoms with Crippen molar-refractivity contribution in [2.75, 3.05) is 7.11 Å². The zero-order chi connectivity index (χ0) is 10.7. The first kappa shape index (κ1) is 10.9. The first-order valence-electron chi connectivity index (χ1n) is 5.86. The second-order valence-corrected chi connectivity index (χ2v) is 4.72. The zero-order valence-electron chi connectivity index (χ0n) is 9.34. The Morgan fingerprint density at radius 1 is 1.27 bits per heavy atom. The van der Waals surface area contributed by atoms with Crippen LogP contribution in [0, 0.1) is 0 Å². The molecule has 1 atom stereocenters. The fourth-order valence-electron chi connectivity index (χ4n) is 2.72. The molecule has 1 spiro atoms. The summed E-state index contributed by atoms with van der Waals surface area (Å²) in [6.07, 6.45) is 8.39. The van der Waals surface area contributed by atoms with Gasteiger partial charge >= 0.3 is 5.97 Å². The number of hydrazine groups is 1. The molecule has 15 heavy (non-hydrogen) atoms. The first-order chi connectivity index (χ1) is 7.26. The van der Waals surface area contributed by atoms with E-state index in [-0.39, 0.29) is 17.6 Å². The van der Waals surface area contributed by atoms with Crippen molar-refractivity contribution in [3.8, 4) is 0 Å². The molecule has 0 radical (unpaired) electrons. The quantitative estimate of drug-likeness (QED) is 0.639. The number of hydrogen-bond acceptors (Lipinski definition) is 4. The lowest BCUT2D eigenvalue weighted by Crippen LogP contribution is -2.62. The number of methoxy groups -OCH3 is 1. The molecule has 0 amide bonds. The van der Waals surface area contributed by atoms with Crippen molar-refractivity contribution in [1.29, 1.82) is 0 Å². The average molecular weight is 212 g/mol. The van der Waals surface area contributed by atoms with Gasteiger partial charge in [0, 0.05) is 5.54 Å². The second-order valence-electron chi connectivity index (χ2n) is 4.72. The van der Waals surface area contributed by atoms with E-state index < -0.39 is 0 Å². The molecule has 1 saturated carbocycles. The number of esters is 1. The molecule has 1 unspecified atom stereocenters. The van der Waals surface area contributed by atoms with E-state index in [4.69, 9.17) is 4.74 Å². The number of hydrogen-bond donors (Lipinski definition) is 2. The van der Waals surface area contributed by atoms with E-state index in [9.17, 15) is 4.79 Å². The summed E-state index contributed by atoms with van der Waals surface area (Å²) in [6.45, 7) is 0. The Morgan fingerprint density at radius 3 is 2.53 bits per heavy atom. The van der Waals surface area contributed by atoms with Crippen LogP contribution in [0.4, 0.5) is 0 Å². The van der Waals surface area contributed by atoms with Gasteiger partial charge in [0.05, 0.1) is 7.11 Å². The summed E-state index contributed by atoms with van der Waals surface area (Å²) in [5.74, 6) is -0.159. The Bertz CT molecular complexity index is 227. The van der Waals surface area contributed by atoms with Crippen LogP contribution >= 0.6 is 0 Å². The first-order valence-corrected chi connectivity index (χ1v) is 5.86. The maximum atomic E-state index is 11.3. The molecule has 1 heterocycles. The molecular formula is C11H20N2O2. The maximum absolute atomic E-state index is 11.3. The van der Waals surface area contributed by atoms with Crippen LogP contribution in [0.3, 0.4) is 0 Å². The van der Waals surface area contributed by atoms with Gasteiger partial charge in [-0.1, -0.05) is 19.3 Å². The molecular weight excluding hydrogens is 192 g/mol. The van der Waals surface area contributed by atoms with Gasteiger partial charge in [0.25, 0.3) is 0 Å². The minimum Gasteiger partial charge on any atom is -0.468 e. The minimum atomic E-state index is -0.164. The average Bonchev–Trinajstić information content (AvgIpc) is 2.30. The van der Waals surface area contributed by atoms with Crippen LogP contribution in [-0.4, -0.2) is 24.7 Å². The van der Waals surface area contributed by atoms with E-state index in [1.54, 1.807) is 0 Å². The van der Waals surface area contributed by atoms with Gasteiger partial charge < -0.3 is 4.74 Å². The summed E-state index contributed by atoms with van der Waals surface area (Å²) in [6, 6.07) is -0.164. The molecule has 0 aromatic rings. The summed E-state index contributed by atoms with van der Waals surface area (Å²) in [5, 5.41) is 0. The van der Waals surface area contributed by atoms with Gasteiger partial charge in [0.1, 0.15) is 6.04 Å². The Kier molecular flexibility index (Phi) is 3.26. The number of nitrogens with one attached hydrogen (secondary N) is 2. The third-order valence-electron chi connectivity index (χ3n) is 3.72. The Morgan fingerprint density at radius 2 is 2.00 bits per heavy atom. The molecule has 1 aliphatic carbocycles. The lowest BCUT2D eigenvalue weighted by atomic mass is 9.77. The summed E-state index contributed by atoms with van der Waals surface area (Å²) in [5.41, 5.74) is 6.71. The number of rotatable bonds is 1. The van der Waals surface area contributed by atoms with E-state index in [0.29, 0.717) is 0 Å². The second kappa shape index (κ2) is 4.49. The number of carbonyl (C=O) groups is 1. The highest BCUT2D eigenvalue weighted by atomic mass is 16.5. The monoisotopic (exact) mass is 212 g/mol. The van der Waals surface area contributed by atoms with Gasteiger partial charge in [-0.3, -0.25) is 10.2 Å². The van der Waals surface area contributed by atoms with Crippen LogP contribution < -0.4 is 10.9 Å². The summed E-state index contributed by atoms with van der Waals surface area (Å²) in [4.78, 5) is 11.3. The minimum absolute atomic E-state index is 0.159. The SMILES string of the molecule is COC(=O)C1CCC2(CCCCC2)NN1. The van der Waals surface area contributed by atoms with Gasteiger partial charge in [0.2, 0.25) is 0 Å². The molecule has 2 rings (SSSR count). The van der Waals surface area contributed by atoms with E-state index in [1.807, 2.05) is 0 Å². The Labute approximate surface area is 90.7 Å². The van der Waals surface area contributed by atoms with Gasteiger partial charge in [-0.25, -0.2) is 5.43 Å². The van der Waals surface area contributed by atoms with Crippen LogP contribution in [0.25, 0.3) is 0 Å². The van der Waals surface area contributed by atoms with Gasteiger partial charge in [-0.15, -0.1) is 0 Å². The highest BCUT2D eigenvalue weighted by molar-refractivity contribution is 5.75. The molecule has 1 saturated heterocycles. The van der Waals surface area contributed by atoms with Crippen LogP contribution in [-0.2, 0) is 9.53 Å². The third kappa shape index (κ3) is 2.32. The largest absolute Gasteiger partial charge is 0.468 e. The van der Waals surface area contributed by atoms with Gasteiger partial charge in [0.15, 0.2) is 0 Å². The Balaban J connectivity index is 1.88. The topological polar surface area (TPSA) is 50.4 Å². The predicted octanol–water partition coefficient (Wildman–Crippen LogP) is 1.12. The molecule has 2 aliphatic rings. The molecule has 0 aromatic carbocycles. The smallest absolute Gasteiger partial charge is 0.324 e.